The second-order valence-corrected chi connectivity index (χ2v) is 5.10. The van der Waals surface area contributed by atoms with Crippen molar-refractivity contribution in [3.63, 3.8) is 0 Å². The normalized spacial score (nSPS) is 10.1. The van der Waals surface area contributed by atoms with Crippen LogP contribution in [0.4, 0.5) is 5.69 Å². The van der Waals surface area contributed by atoms with Gasteiger partial charge in [0.25, 0.3) is 5.91 Å². The lowest BCUT2D eigenvalue weighted by molar-refractivity contribution is 0.102. The summed E-state index contributed by atoms with van der Waals surface area (Å²) in [6.45, 7) is 1.97. The SMILES string of the molecule is Cc1ccc(Oc2ccccc2)c(NC(=O)c2ccncc2)c1. The van der Waals surface area contributed by atoms with Crippen LogP contribution in [0, 0.1) is 6.92 Å². The maximum absolute atomic E-state index is 12.3. The standard InChI is InChI=1S/C19H16N2O2/c1-14-7-8-18(23-16-5-3-2-4-6-16)17(13-14)21-19(22)15-9-11-20-12-10-15/h2-13H,1H3,(H,21,22). The molecule has 1 N–H and O–H groups in total. The summed E-state index contributed by atoms with van der Waals surface area (Å²) >= 11 is 0. The number of amides is 1. The third kappa shape index (κ3) is 3.74. The van der Waals surface area contributed by atoms with Gasteiger partial charge in [-0.1, -0.05) is 24.3 Å². The van der Waals surface area contributed by atoms with Crippen LogP contribution in [0.1, 0.15) is 15.9 Å². The van der Waals surface area contributed by atoms with Crippen molar-refractivity contribution >= 4 is 11.6 Å². The zero-order valence-corrected chi connectivity index (χ0v) is 12.7. The molecule has 4 heteroatoms. The molecular weight excluding hydrogens is 288 g/mol. The fraction of sp³-hybridized carbons (Fsp3) is 0.0526. The molecule has 0 aliphatic rings. The van der Waals surface area contributed by atoms with Gasteiger partial charge in [0, 0.05) is 18.0 Å². The Kier molecular flexibility index (Phi) is 4.34. The molecule has 2 aromatic carbocycles. The van der Waals surface area contributed by atoms with Crippen molar-refractivity contribution in [3.8, 4) is 11.5 Å². The van der Waals surface area contributed by atoms with E-state index in [9.17, 15) is 4.79 Å². The maximum atomic E-state index is 12.3. The lowest BCUT2D eigenvalue weighted by Gasteiger charge is -2.13. The molecule has 3 rings (SSSR count). The van der Waals surface area contributed by atoms with E-state index in [1.54, 1.807) is 24.5 Å². The molecule has 1 amide bonds. The van der Waals surface area contributed by atoms with E-state index >= 15 is 0 Å². The number of rotatable bonds is 4. The Morgan fingerprint density at radius 1 is 1.00 bits per heavy atom. The lowest BCUT2D eigenvalue weighted by Crippen LogP contribution is -2.12. The summed E-state index contributed by atoms with van der Waals surface area (Å²) in [6.07, 6.45) is 3.18. The van der Waals surface area contributed by atoms with Crippen LogP contribution in [-0.4, -0.2) is 10.9 Å². The van der Waals surface area contributed by atoms with Gasteiger partial charge >= 0.3 is 0 Å². The van der Waals surface area contributed by atoms with Gasteiger partial charge in [0.05, 0.1) is 5.69 Å². The third-order valence-corrected chi connectivity index (χ3v) is 3.30. The number of para-hydroxylation sites is 1. The first-order chi connectivity index (χ1) is 11.2. The number of hydrogen-bond donors (Lipinski definition) is 1. The number of hydrogen-bond acceptors (Lipinski definition) is 3. The number of benzene rings is 2. The summed E-state index contributed by atoms with van der Waals surface area (Å²) in [5.41, 5.74) is 2.22. The highest BCUT2D eigenvalue weighted by molar-refractivity contribution is 6.05. The van der Waals surface area contributed by atoms with Crippen molar-refractivity contribution in [2.45, 2.75) is 6.92 Å². The molecule has 0 aliphatic carbocycles. The maximum Gasteiger partial charge on any atom is 0.255 e. The number of nitrogens with one attached hydrogen (secondary N) is 1. The second kappa shape index (κ2) is 6.75. The highest BCUT2D eigenvalue weighted by atomic mass is 16.5. The van der Waals surface area contributed by atoms with Crippen LogP contribution < -0.4 is 10.1 Å². The van der Waals surface area contributed by atoms with E-state index in [0.717, 1.165) is 11.3 Å². The Morgan fingerprint density at radius 2 is 1.74 bits per heavy atom. The summed E-state index contributed by atoms with van der Waals surface area (Å²) in [5, 5.41) is 2.90. The average molecular weight is 304 g/mol. The minimum atomic E-state index is -0.198. The van der Waals surface area contributed by atoms with Gasteiger partial charge in [0.1, 0.15) is 5.75 Å². The molecule has 1 heterocycles. The van der Waals surface area contributed by atoms with E-state index in [4.69, 9.17) is 4.74 Å². The van der Waals surface area contributed by atoms with Gasteiger partial charge in [-0.05, 0) is 48.9 Å². The van der Waals surface area contributed by atoms with Gasteiger partial charge in [0.15, 0.2) is 5.75 Å². The van der Waals surface area contributed by atoms with Crippen LogP contribution in [-0.2, 0) is 0 Å². The lowest BCUT2D eigenvalue weighted by atomic mass is 10.2. The number of pyridine rings is 1. The summed E-state index contributed by atoms with van der Waals surface area (Å²) < 4.78 is 5.87. The largest absolute Gasteiger partial charge is 0.455 e. The van der Waals surface area contributed by atoms with Crippen LogP contribution >= 0.6 is 0 Å². The van der Waals surface area contributed by atoms with Gasteiger partial charge in [0.2, 0.25) is 0 Å². The molecule has 114 valence electrons. The molecule has 0 aliphatic heterocycles. The van der Waals surface area contributed by atoms with E-state index in [0.29, 0.717) is 17.0 Å². The number of anilines is 1. The summed E-state index contributed by atoms with van der Waals surface area (Å²) in [7, 11) is 0. The van der Waals surface area contributed by atoms with E-state index in [1.807, 2.05) is 55.5 Å². The second-order valence-electron chi connectivity index (χ2n) is 5.10. The number of nitrogens with zero attached hydrogens (tertiary/aromatic N) is 1. The van der Waals surface area contributed by atoms with Gasteiger partial charge in [-0.2, -0.15) is 0 Å². The molecule has 0 fully saturated rings. The van der Waals surface area contributed by atoms with Crippen LogP contribution in [0.25, 0.3) is 0 Å². The first-order valence-electron chi connectivity index (χ1n) is 7.27. The van der Waals surface area contributed by atoms with Crippen molar-refractivity contribution in [1.82, 2.24) is 4.98 Å². The average Bonchev–Trinajstić information content (AvgIpc) is 2.59. The first kappa shape index (κ1) is 14.8. The van der Waals surface area contributed by atoms with Crippen molar-refractivity contribution in [2.75, 3.05) is 5.32 Å². The number of ether oxygens (including phenoxy) is 1. The molecule has 1 aromatic heterocycles. The van der Waals surface area contributed by atoms with E-state index < -0.39 is 0 Å². The Balaban J connectivity index is 1.86. The molecule has 23 heavy (non-hydrogen) atoms. The molecule has 0 bridgehead atoms. The molecule has 3 aromatic rings. The summed E-state index contributed by atoms with van der Waals surface area (Å²) in [4.78, 5) is 16.3. The Labute approximate surface area is 134 Å². The fourth-order valence-corrected chi connectivity index (χ4v) is 2.14. The van der Waals surface area contributed by atoms with Crippen LogP contribution in [0.5, 0.6) is 11.5 Å². The van der Waals surface area contributed by atoms with Crippen molar-refractivity contribution in [1.29, 1.82) is 0 Å². The monoisotopic (exact) mass is 304 g/mol. The molecule has 0 saturated carbocycles. The predicted molar refractivity (Wildman–Crippen MR) is 89.9 cm³/mol. The first-order valence-corrected chi connectivity index (χ1v) is 7.27. The fourth-order valence-electron chi connectivity index (χ4n) is 2.14. The highest BCUT2D eigenvalue weighted by Gasteiger charge is 2.11. The van der Waals surface area contributed by atoms with Gasteiger partial charge < -0.3 is 10.1 Å². The predicted octanol–water partition coefficient (Wildman–Crippen LogP) is 4.43. The van der Waals surface area contributed by atoms with Crippen LogP contribution in [0.15, 0.2) is 73.1 Å². The van der Waals surface area contributed by atoms with Crippen molar-refractivity contribution in [3.05, 3.63) is 84.2 Å². The summed E-state index contributed by atoms with van der Waals surface area (Å²) in [5.74, 6) is 1.12. The quantitative estimate of drug-likeness (QED) is 0.775. The topological polar surface area (TPSA) is 51.2 Å². The third-order valence-electron chi connectivity index (χ3n) is 3.30. The van der Waals surface area contributed by atoms with Crippen molar-refractivity contribution < 1.29 is 9.53 Å². The van der Waals surface area contributed by atoms with Gasteiger partial charge in [-0.15, -0.1) is 0 Å². The van der Waals surface area contributed by atoms with E-state index in [1.165, 1.54) is 0 Å². The number of aromatic nitrogens is 1. The Bertz CT molecular complexity index is 802. The summed E-state index contributed by atoms with van der Waals surface area (Å²) in [6, 6.07) is 18.5. The van der Waals surface area contributed by atoms with Crippen LogP contribution in [0.2, 0.25) is 0 Å². The molecule has 0 radical (unpaired) electrons. The molecular formula is C19H16N2O2. The molecule has 4 nitrogen and oxygen atoms in total. The van der Waals surface area contributed by atoms with Crippen LogP contribution in [0.3, 0.4) is 0 Å². The Hall–Kier alpha value is -3.14. The zero-order chi connectivity index (χ0) is 16.1. The van der Waals surface area contributed by atoms with E-state index in [2.05, 4.69) is 10.3 Å². The minimum absolute atomic E-state index is 0.198. The zero-order valence-electron chi connectivity index (χ0n) is 12.7. The molecule has 0 saturated heterocycles. The number of carbonyl (C=O) groups is 1. The highest BCUT2D eigenvalue weighted by Crippen LogP contribution is 2.30. The number of aryl methyl sites for hydroxylation is 1. The van der Waals surface area contributed by atoms with E-state index in [-0.39, 0.29) is 5.91 Å². The molecule has 0 spiro atoms. The molecule has 0 unspecified atom stereocenters. The van der Waals surface area contributed by atoms with Gasteiger partial charge in [-0.25, -0.2) is 0 Å². The van der Waals surface area contributed by atoms with Crippen molar-refractivity contribution in [2.24, 2.45) is 0 Å². The Morgan fingerprint density at radius 3 is 2.48 bits per heavy atom. The molecule has 0 atom stereocenters. The van der Waals surface area contributed by atoms with Gasteiger partial charge in [-0.3, -0.25) is 9.78 Å². The number of carbonyl (C=O) groups excluding carboxylic acids is 1. The minimum Gasteiger partial charge on any atom is -0.455 e. The smallest absolute Gasteiger partial charge is 0.255 e.